The van der Waals surface area contributed by atoms with Gasteiger partial charge >= 0.3 is 5.97 Å². The van der Waals surface area contributed by atoms with Crippen LogP contribution in [0.5, 0.6) is 0 Å². The van der Waals surface area contributed by atoms with Crippen LogP contribution in [-0.4, -0.2) is 34.6 Å². The molecule has 8 heteroatoms. The Labute approximate surface area is 173 Å². The summed E-state index contributed by atoms with van der Waals surface area (Å²) in [4.78, 5) is 36.0. The molecule has 0 aliphatic carbocycles. The number of carbonyl (C=O) groups excluding carboxylic acids is 2. The van der Waals surface area contributed by atoms with E-state index < -0.39 is 17.9 Å². The highest BCUT2D eigenvalue weighted by molar-refractivity contribution is 6.31. The summed E-state index contributed by atoms with van der Waals surface area (Å²) >= 11 is 6.17. The third-order valence-corrected chi connectivity index (χ3v) is 4.82. The number of hydrazone groups is 1. The van der Waals surface area contributed by atoms with Crippen molar-refractivity contribution in [2.24, 2.45) is 5.10 Å². The van der Waals surface area contributed by atoms with Crippen molar-refractivity contribution in [2.45, 2.75) is 32.2 Å². The summed E-state index contributed by atoms with van der Waals surface area (Å²) in [6.45, 7) is 1.76. The van der Waals surface area contributed by atoms with Crippen LogP contribution in [0.2, 0.25) is 5.02 Å². The second kappa shape index (κ2) is 8.87. The molecule has 2 amide bonds. The van der Waals surface area contributed by atoms with Crippen LogP contribution in [-0.2, 0) is 16.0 Å². The number of carboxylic acids is 1. The molecule has 3 rings (SSSR count). The van der Waals surface area contributed by atoms with Crippen molar-refractivity contribution in [3.8, 4) is 0 Å². The van der Waals surface area contributed by atoms with E-state index in [1.165, 1.54) is 5.01 Å². The molecule has 0 radical (unpaired) electrons. The molecule has 7 nitrogen and oxygen atoms in total. The van der Waals surface area contributed by atoms with Crippen LogP contribution < -0.4 is 10.3 Å². The Bertz CT molecular complexity index is 989. The van der Waals surface area contributed by atoms with Crippen molar-refractivity contribution in [1.29, 1.82) is 0 Å². The maximum Gasteiger partial charge on any atom is 0.305 e. The Morgan fingerprint density at radius 3 is 2.66 bits per heavy atom. The highest BCUT2D eigenvalue weighted by Gasteiger charge is 2.24. The first kappa shape index (κ1) is 20.5. The van der Waals surface area contributed by atoms with Gasteiger partial charge in [-0.15, -0.1) is 0 Å². The standard InChI is InChI=1S/C21H20ClN3O4/c1-13-9-19(26)25(24-13)17-7-4-6-15(11-17)21(29)23-16(12-20(27)28)10-14-5-2-3-8-18(14)22/h2-8,11,16H,9-10,12H2,1H3,(H,23,29)(H,27,28). The average molecular weight is 414 g/mol. The number of aliphatic carboxylic acids is 1. The van der Waals surface area contributed by atoms with Gasteiger partial charge in [-0.2, -0.15) is 5.10 Å². The van der Waals surface area contributed by atoms with Gasteiger partial charge in [0.05, 0.1) is 18.5 Å². The predicted molar refractivity (Wildman–Crippen MR) is 110 cm³/mol. The van der Waals surface area contributed by atoms with Crippen molar-refractivity contribution < 1.29 is 19.5 Å². The van der Waals surface area contributed by atoms with Gasteiger partial charge in [0.1, 0.15) is 0 Å². The van der Waals surface area contributed by atoms with Crippen molar-refractivity contribution in [2.75, 3.05) is 5.01 Å². The van der Waals surface area contributed by atoms with Gasteiger partial charge in [-0.05, 0) is 43.2 Å². The van der Waals surface area contributed by atoms with Gasteiger partial charge in [0, 0.05) is 22.3 Å². The predicted octanol–water partition coefficient (Wildman–Crippen LogP) is 3.27. The zero-order chi connectivity index (χ0) is 21.0. The smallest absolute Gasteiger partial charge is 0.305 e. The van der Waals surface area contributed by atoms with Crippen molar-refractivity contribution in [3.05, 3.63) is 64.7 Å². The molecule has 1 atom stereocenters. The van der Waals surface area contributed by atoms with E-state index in [9.17, 15) is 19.5 Å². The number of hydrogen-bond donors (Lipinski definition) is 2. The Balaban J connectivity index is 1.77. The molecule has 1 unspecified atom stereocenters. The normalized spacial score (nSPS) is 14.5. The van der Waals surface area contributed by atoms with E-state index in [1.54, 1.807) is 55.5 Å². The van der Waals surface area contributed by atoms with Crippen LogP contribution in [0.15, 0.2) is 53.6 Å². The van der Waals surface area contributed by atoms with E-state index in [2.05, 4.69) is 10.4 Å². The lowest BCUT2D eigenvalue weighted by atomic mass is 10.0. The van der Waals surface area contributed by atoms with Crippen LogP contribution in [0, 0.1) is 0 Å². The monoisotopic (exact) mass is 413 g/mol. The van der Waals surface area contributed by atoms with Crippen LogP contribution in [0.4, 0.5) is 5.69 Å². The molecule has 2 N–H and O–H groups in total. The third-order valence-electron chi connectivity index (χ3n) is 4.45. The van der Waals surface area contributed by atoms with Crippen LogP contribution in [0.25, 0.3) is 0 Å². The SMILES string of the molecule is CC1=NN(c2cccc(C(=O)NC(CC(=O)O)Cc3ccccc3Cl)c2)C(=O)C1. The maximum absolute atomic E-state index is 12.7. The first-order chi connectivity index (χ1) is 13.8. The van der Waals surface area contributed by atoms with E-state index in [0.717, 1.165) is 5.56 Å². The van der Waals surface area contributed by atoms with Crippen LogP contribution in [0.1, 0.15) is 35.7 Å². The maximum atomic E-state index is 12.7. The van der Waals surface area contributed by atoms with Gasteiger partial charge in [-0.1, -0.05) is 35.9 Å². The Kier molecular flexibility index (Phi) is 6.29. The summed E-state index contributed by atoms with van der Waals surface area (Å²) < 4.78 is 0. The zero-order valence-electron chi connectivity index (χ0n) is 15.8. The molecule has 1 aliphatic rings. The number of hydrogen-bond acceptors (Lipinski definition) is 4. The highest BCUT2D eigenvalue weighted by Crippen LogP contribution is 2.22. The number of benzene rings is 2. The van der Waals surface area contributed by atoms with Gasteiger partial charge in [0.25, 0.3) is 11.8 Å². The molecule has 0 fully saturated rings. The quantitative estimate of drug-likeness (QED) is 0.727. The topological polar surface area (TPSA) is 99.1 Å². The molecule has 29 heavy (non-hydrogen) atoms. The molecule has 1 heterocycles. The van der Waals surface area contributed by atoms with E-state index in [1.807, 2.05) is 0 Å². The first-order valence-corrected chi connectivity index (χ1v) is 9.44. The van der Waals surface area contributed by atoms with E-state index in [0.29, 0.717) is 22.0 Å². The summed E-state index contributed by atoms with van der Waals surface area (Å²) in [5, 5.41) is 17.9. The molecular formula is C21H20ClN3O4. The lowest BCUT2D eigenvalue weighted by molar-refractivity contribution is -0.137. The van der Waals surface area contributed by atoms with E-state index in [4.69, 9.17) is 11.6 Å². The zero-order valence-corrected chi connectivity index (χ0v) is 16.5. The fraction of sp³-hybridized carbons (Fsp3) is 0.238. The number of halogens is 1. The van der Waals surface area contributed by atoms with Gasteiger partial charge in [0.2, 0.25) is 0 Å². The lowest BCUT2D eigenvalue weighted by Gasteiger charge is -2.19. The van der Waals surface area contributed by atoms with Crippen molar-refractivity contribution >= 4 is 40.8 Å². The van der Waals surface area contributed by atoms with Crippen LogP contribution >= 0.6 is 11.6 Å². The third kappa shape index (κ3) is 5.20. The second-order valence-electron chi connectivity index (χ2n) is 6.83. The number of carboxylic acid groups (broad SMARTS) is 1. The van der Waals surface area contributed by atoms with E-state index in [-0.39, 0.29) is 25.2 Å². The Hall–Kier alpha value is -3.19. The minimum absolute atomic E-state index is 0.164. The van der Waals surface area contributed by atoms with Gasteiger partial charge in [-0.25, -0.2) is 5.01 Å². The summed E-state index contributed by atoms with van der Waals surface area (Å²) in [6.07, 6.45) is 0.283. The number of anilines is 1. The fourth-order valence-electron chi connectivity index (χ4n) is 3.12. The summed E-state index contributed by atoms with van der Waals surface area (Å²) in [6, 6.07) is 13.0. The summed E-state index contributed by atoms with van der Waals surface area (Å²) in [5.74, 6) is -1.62. The number of carbonyl (C=O) groups is 3. The Morgan fingerprint density at radius 2 is 2.00 bits per heavy atom. The van der Waals surface area contributed by atoms with Gasteiger partial charge in [0.15, 0.2) is 0 Å². The minimum Gasteiger partial charge on any atom is -0.481 e. The largest absolute Gasteiger partial charge is 0.481 e. The summed E-state index contributed by atoms with van der Waals surface area (Å²) in [5.41, 5.74) is 2.25. The average Bonchev–Trinajstić information content (AvgIpc) is 3.01. The van der Waals surface area contributed by atoms with Gasteiger partial charge in [-0.3, -0.25) is 14.4 Å². The molecule has 0 bridgehead atoms. The summed E-state index contributed by atoms with van der Waals surface area (Å²) in [7, 11) is 0. The number of nitrogens with zero attached hydrogens (tertiary/aromatic N) is 2. The van der Waals surface area contributed by atoms with Crippen molar-refractivity contribution in [1.82, 2.24) is 5.32 Å². The number of amides is 2. The van der Waals surface area contributed by atoms with Crippen LogP contribution in [0.3, 0.4) is 0 Å². The van der Waals surface area contributed by atoms with Crippen molar-refractivity contribution in [3.63, 3.8) is 0 Å². The molecule has 150 valence electrons. The fourth-order valence-corrected chi connectivity index (χ4v) is 3.33. The van der Waals surface area contributed by atoms with Gasteiger partial charge < -0.3 is 10.4 Å². The second-order valence-corrected chi connectivity index (χ2v) is 7.24. The lowest BCUT2D eigenvalue weighted by Crippen LogP contribution is -2.38. The molecule has 0 saturated heterocycles. The molecule has 2 aromatic rings. The Morgan fingerprint density at radius 1 is 1.24 bits per heavy atom. The highest BCUT2D eigenvalue weighted by atomic mass is 35.5. The first-order valence-electron chi connectivity index (χ1n) is 9.06. The minimum atomic E-state index is -1.02. The molecular weight excluding hydrogens is 394 g/mol. The molecule has 0 aromatic heterocycles. The number of nitrogens with one attached hydrogen (secondary N) is 1. The molecule has 2 aromatic carbocycles. The van der Waals surface area contributed by atoms with E-state index >= 15 is 0 Å². The number of rotatable bonds is 7. The molecule has 0 spiro atoms. The molecule has 0 saturated carbocycles. The molecule has 1 aliphatic heterocycles.